The molecule has 1 N–H and O–H groups in total. The molecule has 29 heavy (non-hydrogen) atoms. The van der Waals surface area contributed by atoms with Gasteiger partial charge in [-0.1, -0.05) is 37.2 Å². The summed E-state index contributed by atoms with van der Waals surface area (Å²) in [5.41, 5.74) is 1.90. The summed E-state index contributed by atoms with van der Waals surface area (Å²) in [4.78, 5) is 18.6. The van der Waals surface area contributed by atoms with Crippen LogP contribution in [0.3, 0.4) is 0 Å². The SMILES string of the molecule is Cc1nn(-c2ccccc2)c2sc(C(=O)NCCCc3nc(C(C)C)no3)cc12. The molecule has 0 aliphatic rings. The molecule has 1 aromatic carbocycles. The molecule has 0 saturated carbocycles. The predicted octanol–water partition coefficient (Wildman–Crippen LogP) is 4.26. The number of para-hydroxylation sites is 1. The molecular weight excluding hydrogens is 386 g/mol. The number of amides is 1. The van der Waals surface area contributed by atoms with E-state index >= 15 is 0 Å². The van der Waals surface area contributed by atoms with Crippen molar-refractivity contribution < 1.29 is 9.32 Å². The number of aromatic nitrogens is 4. The third kappa shape index (κ3) is 4.07. The summed E-state index contributed by atoms with van der Waals surface area (Å²) in [6.45, 7) is 6.57. The van der Waals surface area contributed by atoms with E-state index < -0.39 is 0 Å². The summed E-state index contributed by atoms with van der Waals surface area (Å²) in [7, 11) is 0. The highest BCUT2D eigenvalue weighted by Crippen LogP contribution is 2.30. The maximum atomic E-state index is 12.6. The van der Waals surface area contributed by atoms with Crippen LogP contribution in [-0.4, -0.2) is 32.4 Å². The quantitative estimate of drug-likeness (QED) is 0.461. The number of nitrogens with one attached hydrogen (secondary N) is 1. The van der Waals surface area contributed by atoms with E-state index in [2.05, 4.69) is 20.6 Å². The van der Waals surface area contributed by atoms with Crippen LogP contribution in [0, 0.1) is 6.92 Å². The molecule has 0 fully saturated rings. The molecule has 4 aromatic rings. The summed E-state index contributed by atoms with van der Waals surface area (Å²) in [5, 5.41) is 12.6. The molecule has 8 heteroatoms. The number of nitrogens with zero attached hydrogens (tertiary/aromatic N) is 4. The van der Waals surface area contributed by atoms with E-state index in [9.17, 15) is 4.79 Å². The fourth-order valence-corrected chi connectivity index (χ4v) is 4.14. The van der Waals surface area contributed by atoms with Crippen LogP contribution < -0.4 is 5.32 Å². The minimum absolute atomic E-state index is 0.0707. The Morgan fingerprint density at radius 3 is 2.79 bits per heavy atom. The number of carbonyl (C=O) groups excluding carboxylic acids is 1. The molecule has 1 amide bonds. The number of hydrogen-bond acceptors (Lipinski definition) is 6. The maximum Gasteiger partial charge on any atom is 0.261 e. The molecule has 0 spiro atoms. The van der Waals surface area contributed by atoms with Crippen LogP contribution in [0.2, 0.25) is 0 Å². The summed E-state index contributed by atoms with van der Waals surface area (Å²) in [5.74, 6) is 1.51. The highest BCUT2D eigenvalue weighted by molar-refractivity contribution is 7.20. The Bertz CT molecular complexity index is 1130. The van der Waals surface area contributed by atoms with Crippen LogP contribution in [-0.2, 0) is 6.42 Å². The van der Waals surface area contributed by atoms with Crippen molar-refractivity contribution in [3.63, 3.8) is 0 Å². The van der Waals surface area contributed by atoms with Crippen LogP contribution in [0.1, 0.15) is 53.3 Å². The summed E-state index contributed by atoms with van der Waals surface area (Å²) in [6, 6.07) is 11.9. The molecule has 0 radical (unpaired) electrons. The number of fused-ring (bicyclic) bond motifs is 1. The Labute approximate surface area is 172 Å². The van der Waals surface area contributed by atoms with Crippen molar-refractivity contribution in [1.29, 1.82) is 0 Å². The Kier molecular flexibility index (Phi) is 5.44. The molecule has 0 bridgehead atoms. The second-order valence-corrected chi connectivity index (χ2v) is 8.25. The van der Waals surface area contributed by atoms with E-state index in [0.29, 0.717) is 23.7 Å². The van der Waals surface area contributed by atoms with Gasteiger partial charge in [0.25, 0.3) is 5.91 Å². The standard InChI is InChI=1S/C21H23N5O2S/c1-13(2)19-23-18(28-25-19)10-7-11-22-20(27)17-12-16-14(3)24-26(21(16)29-17)15-8-5-4-6-9-15/h4-6,8-9,12-13H,7,10-11H2,1-3H3,(H,22,27). The number of rotatable bonds is 7. The van der Waals surface area contributed by atoms with Crippen LogP contribution >= 0.6 is 11.3 Å². The minimum Gasteiger partial charge on any atom is -0.351 e. The predicted molar refractivity (Wildman–Crippen MR) is 113 cm³/mol. The van der Waals surface area contributed by atoms with Gasteiger partial charge in [0.1, 0.15) is 4.83 Å². The van der Waals surface area contributed by atoms with Gasteiger partial charge >= 0.3 is 0 Å². The lowest BCUT2D eigenvalue weighted by Crippen LogP contribution is -2.23. The third-order valence-electron chi connectivity index (χ3n) is 4.62. The zero-order valence-electron chi connectivity index (χ0n) is 16.7. The molecule has 7 nitrogen and oxygen atoms in total. The van der Waals surface area contributed by atoms with Gasteiger partial charge in [-0.05, 0) is 31.5 Å². The van der Waals surface area contributed by atoms with Crippen LogP contribution in [0.15, 0.2) is 40.9 Å². The molecule has 0 atom stereocenters. The number of hydrogen-bond donors (Lipinski definition) is 1. The zero-order valence-corrected chi connectivity index (χ0v) is 17.5. The minimum atomic E-state index is -0.0707. The van der Waals surface area contributed by atoms with Crippen LogP contribution in [0.4, 0.5) is 0 Å². The second kappa shape index (κ2) is 8.16. The molecule has 4 rings (SSSR count). The van der Waals surface area contributed by atoms with Crippen molar-refractivity contribution in [3.8, 4) is 5.69 Å². The van der Waals surface area contributed by atoms with Gasteiger partial charge < -0.3 is 9.84 Å². The highest BCUT2D eigenvalue weighted by Gasteiger charge is 2.17. The molecular formula is C21H23N5O2S. The average molecular weight is 410 g/mol. The van der Waals surface area contributed by atoms with E-state index in [-0.39, 0.29) is 11.8 Å². The monoisotopic (exact) mass is 409 g/mol. The van der Waals surface area contributed by atoms with Gasteiger partial charge in [0.05, 0.1) is 16.3 Å². The van der Waals surface area contributed by atoms with Crippen molar-refractivity contribution in [1.82, 2.24) is 25.2 Å². The van der Waals surface area contributed by atoms with Crippen molar-refractivity contribution in [2.45, 2.75) is 39.5 Å². The van der Waals surface area contributed by atoms with Crippen molar-refractivity contribution in [3.05, 3.63) is 58.7 Å². The Balaban J connectivity index is 1.40. The molecule has 0 aliphatic heterocycles. The average Bonchev–Trinajstić information content (AvgIpc) is 3.43. The van der Waals surface area contributed by atoms with Crippen LogP contribution in [0.5, 0.6) is 0 Å². The molecule has 3 heterocycles. The number of aryl methyl sites for hydroxylation is 2. The van der Waals surface area contributed by atoms with Gasteiger partial charge in [0.2, 0.25) is 5.89 Å². The first-order chi connectivity index (χ1) is 14.0. The highest BCUT2D eigenvalue weighted by atomic mass is 32.1. The fourth-order valence-electron chi connectivity index (χ4n) is 3.04. The van der Waals surface area contributed by atoms with Gasteiger partial charge in [-0.3, -0.25) is 4.79 Å². The molecule has 0 aliphatic carbocycles. The first-order valence-electron chi connectivity index (χ1n) is 9.68. The zero-order chi connectivity index (χ0) is 20.4. The van der Waals surface area contributed by atoms with E-state index in [1.807, 2.05) is 61.9 Å². The molecule has 150 valence electrons. The molecule has 0 saturated heterocycles. The summed E-state index contributed by atoms with van der Waals surface area (Å²) >= 11 is 1.46. The smallest absolute Gasteiger partial charge is 0.261 e. The normalized spacial score (nSPS) is 11.4. The molecule has 3 aromatic heterocycles. The van der Waals surface area contributed by atoms with E-state index in [0.717, 1.165) is 33.8 Å². The van der Waals surface area contributed by atoms with Crippen molar-refractivity contribution >= 4 is 27.5 Å². The van der Waals surface area contributed by atoms with Gasteiger partial charge in [0, 0.05) is 24.3 Å². The lowest BCUT2D eigenvalue weighted by atomic mass is 10.2. The Morgan fingerprint density at radius 2 is 2.07 bits per heavy atom. The summed E-state index contributed by atoms with van der Waals surface area (Å²) in [6.07, 6.45) is 1.39. The lowest BCUT2D eigenvalue weighted by Gasteiger charge is -2.03. The van der Waals surface area contributed by atoms with Gasteiger partial charge in [0.15, 0.2) is 5.82 Å². The lowest BCUT2D eigenvalue weighted by molar-refractivity contribution is 0.0957. The van der Waals surface area contributed by atoms with E-state index in [4.69, 9.17) is 4.52 Å². The van der Waals surface area contributed by atoms with Gasteiger partial charge in [-0.25, -0.2) is 4.68 Å². The number of carbonyl (C=O) groups is 1. The van der Waals surface area contributed by atoms with E-state index in [1.54, 1.807) is 0 Å². The fraction of sp³-hybridized carbons (Fsp3) is 0.333. The Hall–Kier alpha value is -3.00. The van der Waals surface area contributed by atoms with E-state index in [1.165, 1.54) is 11.3 Å². The maximum absolute atomic E-state index is 12.6. The second-order valence-electron chi connectivity index (χ2n) is 7.22. The largest absolute Gasteiger partial charge is 0.351 e. The topological polar surface area (TPSA) is 85.8 Å². The summed E-state index contributed by atoms with van der Waals surface area (Å²) < 4.78 is 7.13. The van der Waals surface area contributed by atoms with Crippen molar-refractivity contribution in [2.75, 3.05) is 6.54 Å². The number of thiophene rings is 1. The van der Waals surface area contributed by atoms with Crippen LogP contribution in [0.25, 0.3) is 15.9 Å². The van der Waals surface area contributed by atoms with Crippen molar-refractivity contribution in [2.24, 2.45) is 0 Å². The Morgan fingerprint density at radius 1 is 1.28 bits per heavy atom. The van der Waals surface area contributed by atoms with Gasteiger partial charge in [-0.2, -0.15) is 10.1 Å². The third-order valence-corrected chi connectivity index (χ3v) is 5.73. The van der Waals surface area contributed by atoms with Gasteiger partial charge in [-0.15, -0.1) is 11.3 Å². The number of benzene rings is 1. The molecule has 0 unspecified atom stereocenters. The first kappa shape index (κ1) is 19.3. The first-order valence-corrected chi connectivity index (χ1v) is 10.5.